The van der Waals surface area contributed by atoms with Crippen LogP contribution in [0.25, 0.3) is 0 Å². The van der Waals surface area contributed by atoms with Crippen molar-refractivity contribution in [2.75, 3.05) is 0 Å². The summed E-state index contributed by atoms with van der Waals surface area (Å²) >= 11 is 13.0. The number of ether oxygens (including phenoxy) is 1. The smallest absolute Gasteiger partial charge is 0.143 e. The number of hydrogen-bond acceptors (Lipinski definition) is 1. The summed E-state index contributed by atoms with van der Waals surface area (Å²) < 4.78 is 6.39. The van der Waals surface area contributed by atoms with Gasteiger partial charge in [-0.1, -0.05) is 75.2 Å². The molecule has 1 aromatic rings. The predicted molar refractivity (Wildman–Crippen MR) is 104 cm³/mol. The second-order valence-corrected chi connectivity index (χ2v) is 8.42. The van der Waals surface area contributed by atoms with Gasteiger partial charge in [-0.2, -0.15) is 0 Å². The van der Waals surface area contributed by atoms with Gasteiger partial charge < -0.3 is 4.74 Å². The monoisotopic (exact) mass is 368 g/mol. The van der Waals surface area contributed by atoms with Gasteiger partial charge in [-0.25, -0.2) is 0 Å². The topological polar surface area (TPSA) is 9.23 Å². The van der Waals surface area contributed by atoms with Crippen molar-refractivity contribution in [3.63, 3.8) is 0 Å². The summed E-state index contributed by atoms with van der Waals surface area (Å²) in [6.45, 7) is 4.47. The molecule has 1 unspecified atom stereocenters. The summed E-state index contributed by atoms with van der Waals surface area (Å²) in [5.41, 5.74) is 2.42. The maximum atomic E-state index is 6.56. The Morgan fingerprint density at radius 3 is 2.42 bits per heavy atom. The molecule has 0 amide bonds. The first-order chi connectivity index (χ1) is 11.6. The quantitative estimate of drug-likeness (QED) is 0.531. The Morgan fingerprint density at radius 2 is 1.75 bits per heavy atom. The van der Waals surface area contributed by atoms with Crippen LogP contribution in [0.3, 0.4) is 0 Å². The minimum atomic E-state index is 0.325. The first-order valence-electron chi connectivity index (χ1n) is 9.80. The van der Waals surface area contributed by atoms with Crippen LogP contribution in [-0.4, -0.2) is 6.10 Å². The maximum absolute atomic E-state index is 6.56. The van der Waals surface area contributed by atoms with Gasteiger partial charge in [0.05, 0.1) is 5.02 Å². The van der Waals surface area contributed by atoms with Crippen molar-refractivity contribution in [1.29, 1.82) is 0 Å². The molecule has 1 aliphatic heterocycles. The van der Waals surface area contributed by atoms with Crippen molar-refractivity contribution in [2.45, 2.75) is 84.2 Å². The number of hydrogen-bond donors (Lipinski definition) is 0. The number of fused-ring (bicyclic) bond motifs is 1. The van der Waals surface area contributed by atoms with Gasteiger partial charge in [-0.3, -0.25) is 0 Å². The zero-order chi connectivity index (χ0) is 17.1. The van der Waals surface area contributed by atoms with Crippen LogP contribution in [0.4, 0.5) is 0 Å². The molecule has 3 heteroatoms. The summed E-state index contributed by atoms with van der Waals surface area (Å²) in [4.78, 5) is 0. The van der Waals surface area contributed by atoms with Gasteiger partial charge in [0.2, 0.25) is 0 Å². The highest BCUT2D eigenvalue weighted by Gasteiger charge is 2.32. The molecule has 1 heterocycles. The van der Waals surface area contributed by atoms with E-state index in [9.17, 15) is 0 Å². The van der Waals surface area contributed by atoms with Crippen molar-refractivity contribution < 1.29 is 4.74 Å². The lowest BCUT2D eigenvalue weighted by Crippen LogP contribution is -2.33. The molecule has 1 saturated carbocycles. The number of benzene rings is 1. The van der Waals surface area contributed by atoms with E-state index >= 15 is 0 Å². The largest absolute Gasteiger partial charge is 0.488 e. The fourth-order valence-electron chi connectivity index (χ4n) is 4.58. The Labute approximate surface area is 157 Å². The van der Waals surface area contributed by atoms with Crippen LogP contribution in [0.1, 0.15) is 76.3 Å². The third-order valence-corrected chi connectivity index (χ3v) is 6.80. The van der Waals surface area contributed by atoms with E-state index in [0.29, 0.717) is 22.1 Å². The van der Waals surface area contributed by atoms with E-state index in [-0.39, 0.29) is 0 Å². The molecule has 0 bridgehead atoms. The van der Waals surface area contributed by atoms with Gasteiger partial charge in [0.25, 0.3) is 0 Å². The molecular weight excluding hydrogens is 339 g/mol. The summed E-state index contributed by atoms with van der Waals surface area (Å²) in [7, 11) is 0. The average Bonchev–Trinajstić information content (AvgIpc) is 2.60. The molecule has 1 atom stereocenters. The summed E-state index contributed by atoms with van der Waals surface area (Å²) in [5, 5.41) is 1.34. The fourth-order valence-corrected chi connectivity index (χ4v) is 5.10. The standard InChI is InChI=1S/C21H30Cl2O/c1-3-5-14-7-9-15(10-8-14)18-12-11-17-13-16(6-4-2)19(22)20(23)21(17)24-18/h13-15,18H,3-12H2,1-2H3. The van der Waals surface area contributed by atoms with Gasteiger partial charge in [-0.15, -0.1) is 0 Å². The van der Waals surface area contributed by atoms with Crippen molar-refractivity contribution in [3.8, 4) is 5.75 Å². The van der Waals surface area contributed by atoms with Crippen LogP contribution in [0.15, 0.2) is 6.07 Å². The molecule has 24 heavy (non-hydrogen) atoms. The molecule has 1 aromatic carbocycles. The van der Waals surface area contributed by atoms with Gasteiger partial charge in [0.1, 0.15) is 16.9 Å². The Kier molecular flexibility index (Phi) is 6.38. The van der Waals surface area contributed by atoms with Crippen LogP contribution < -0.4 is 4.74 Å². The van der Waals surface area contributed by atoms with Crippen LogP contribution in [0.5, 0.6) is 5.75 Å². The van der Waals surface area contributed by atoms with Crippen LogP contribution in [0.2, 0.25) is 10.0 Å². The van der Waals surface area contributed by atoms with E-state index in [0.717, 1.165) is 37.4 Å². The lowest BCUT2D eigenvalue weighted by Gasteiger charge is -2.37. The number of rotatable bonds is 5. The lowest BCUT2D eigenvalue weighted by atomic mass is 9.76. The summed E-state index contributed by atoms with van der Waals surface area (Å²) in [5.74, 6) is 2.50. The van der Waals surface area contributed by atoms with Crippen molar-refractivity contribution in [1.82, 2.24) is 0 Å². The van der Waals surface area contributed by atoms with Gasteiger partial charge in [0, 0.05) is 0 Å². The normalized spacial score (nSPS) is 26.8. The average molecular weight is 369 g/mol. The molecule has 0 radical (unpaired) electrons. The molecular formula is C21H30Cl2O. The van der Waals surface area contributed by atoms with Crippen LogP contribution in [0, 0.1) is 11.8 Å². The van der Waals surface area contributed by atoms with E-state index < -0.39 is 0 Å². The van der Waals surface area contributed by atoms with Gasteiger partial charge >= 0.3 is 0 Å². The molecule has 2 aliphatic rings. The third-order valence-electron chi connectivity index (χ3n) is 5.91. The Hall–Kier alpha value is -0.400. The summed E-state index contributed by atoms with van der Waals surface area (Å²) in [6.07, 6.45) is 12.7. The second kappa shape index (κ2) is 8.32. The summed E-state index contributed by atoms with van der Waals surface area (Å²) in [6, 6.07) is 2.22. The van der Waals surface area contributed by atoms with E-state index in [1.54, 1.807) is 0 Å². The van der Waals surface area contributed by atoms with E-state index in [1.807, 2.05) is 0 Å². The zero-order valence-electron chi connectivity index (χ0n) is 15.0. The molecule has 0 N–H and O–H groups in total. The minimum absolute atomic E-state index is 0.325. The van der Waals surface area contributed by atoms with E-state index in [4.69, 9.17) is 27.9 Å². The molecule has 0 aromatic heterocycles. The number of halogens is 2. The Morgan fingerprint density at radius 1 is 1.00 bits per heavy atom. The highest BCUT2D eigenvalue weighted by atomic mass is 35.5. The molecule has 1 nitrogen and oxygen atoms in total. The van der Waals surface area contributed by atoms with Crippen molar-refractivity contribution in [2.24, 2.45) is 11.8 Å². The SMILES string of the molecule is CCCc1cc2c(c(Cl)c1Cl)OC(C1CCC(CCC)CC1)CC2. The Balaban J connectivity index is 1.70. The first kappa shape index (κ1) is 18.4. The molecule has 1 fully saturated rings. The first-order valence-corrected chi connectivity index (χ1v) is 10.6. The van der Waals surface area contributed by atoms with Gasteiger partial charge in [0.15, 0.2) is 0 Å². The lowest BCUT2D eigenvalue weighted by molar-refractivity contribution is 0.0759. The minimum Gasteiger partial charge on any atom is -0.488 e. The van der Waals surface area contributed by atoms with Gasteiger partial charge in [-0.05, 0) is 55.1 Å². The highest BCUT2D eigenvalue weighted by molar-refractivity contribution is 6.43. The maximum Gasteiger partial charge on any atom is 0.143 e. The van der Waals surface area contributed by atoms with Crippen molar-refractivity contribution >= 4 is 23.2 Å². The molecule has 1 aliphatic carbocycles. The van der Waals surface area contributed by atoms with Crippen molar-refractivity contribution in [3.05, 3.63) is 27.2 Å². The van der Waals surface area contributed by atoms with E-state index in [2.05, 4.69) is 19.9 Å². The molecule has 134 valence electrons. The molecule has 0 saturated heterocycles. The zero-order valence-corrected chi connectivity index (χ0v) is 16.6. The molecule has 0 spiro atoms. The van der Waals surface area contributed by atoms with Crippen LogP contribution in [-0.2, 0) is 12.8 Å². The molecule has 3 rings (SSSR count). The Bertz CT molecular complexity index is 561. The number of aryl methyl sites for hydroxylation is 2. The fraction of sp³-hybridized carbons (Fsp3) is 0.714. The predicted octanol–water partition coefficient (Wildman–Crippen LogP) is 7.25. The van der Waals surface area contributed by atoms with E-state index in [1.165, 1.54) is 49.7 Å². The second-order valence-electron chi connectivity index (χ2n) is 7.67. The third kappa shape index (κ3) is 3.88. The van der Waals surface area contributed by atoms with Crippen LogP contribution >= 0.6 is 23.2 Å². The highest BCUT2D eigenvalue weighted by Crippen LogP contribution is 2.44.